The van der Waals surface area contributed by atoms with Crippen LogP contribution in [0.5, 0.6) is 0 Å². The Morgan fingerprint density at radius 2 is 1.04 bits per heavy atom. The minimum absolute atomic E-state index is 0. The van der Waals surface area contributed by atoms with E-state index in [9.17, 15) is 5.26 Å². The van der Waals surface area contributed by atoms with Gasteiger partial charge in [0.05, 0.1) is 6.07 Å². The van der Waals surface area contributed by atoms with Gasteiger partial charge in [-0.1, -0.05) is 69.7 Å². The Hall–Kier alpha value is -5.74. The van der Waals surface area contributed by atoms with E-state index in [4.69, 9.17) is 0 Å². The van der Waals surface area contributed by atoms with Crippen molar-refractivity contribution in [3.8, 4) is 6.07 Å². The Morgan fingerprint density at radius 1 is 0.564 bits per heavy atom. The predicted molar refractivity (Wildman–Crippen MR) is 222 cm³/mol. The molecule has 9 rings (SSSR count). The van der Waals surface area contributed by atoms with E-state index in [2.05, 4.69) is 161 Å². The van der Waals surface area contributed by atoms with E-state index in [1.54, 1.807) is 0 Å². The molecule has 0 N–H and O–H groups in total. The average molecular weight is 896 g/mol. The predicted octanol–water partition coefficient (Wildman–Crippen LogP) is 11.1. The topological polar surface area (TPSA) is 43.2 Å². The van der Waals surface area contributed by atoms with Gasteiger partial charge in [0.15, 0.2) is 0 Å². The van der Waals surface area contributed by atoms with E-state index in [0.29, 0.717) is 5.56 Å². The Labute approximate surface area is 339 Å². The molecular formula is C47H41IrN7-6. The summed E-state index contributed by atoms with van der Waals surface area (Å²) in [5, 5.41) is 9.62. The summed E-state index contributed by atoms with van der Waals surface area (Å²) in [5.74, 6) is 0. The van der Waals surface area contributed by atoms with Gasteiger partial charge in [0, 0.05) is 54.2 Å². The smallest absolute Gasteiger partial charge is 0.0726 e. The van der Waals surface area contributed by atoms with Crippen LogP contribution in [0.4, 0.5) is 56.9 Å². The number of benzene rings is 6. The van der Waals surface area contributed by atoms with Crippen molar-refractivity contribution in [2.24, 2.45) is 0 Å². The molecule has 7 nitrogen and oxygen atoms in total. The molecule has 279 valence electrons. The van der Waals surface area contributed by atoms with Crippen LogP contribution in [-0.2, 0) is 25.5 Å². The van der Waals surface area contributed by atoms with Crippen molar-refractivity contribution in [3.05, 3.63) is 176 Å². The fourth-order valence-corrected chi connectivity index (χ4v) is 6.97. The van der Waals surface area contributed by atoms with Gasteiger partial charge in [0.1, 0.15) is 0 Å². The van der Waals surface area contributed by atoms with E-state index in [0.717, 1.165) is 56.9 Å². The van der Waals surface area contributed by atoms with Gasteiger partial charge in [-0.25, -0.2) is 0 Å². The molecule has 0 amide bonds. The molecule has 3 aliphatic heterocycles. The number of rotatable bonds is 4. The first-order valence-electron chi connectivity index (χ1n) is 18.0. The summed E-state index contributed by atoms with van der Waals surface area (Å²) in [6.07, 6.45) is 0. The van der Waals surface area contributed by atoms with Crippen molar-refractivity contribution in [1.29, 1.82) is 5.26 Å². The van der Waals surface area contributed by atoms with E-state index in [1.807, 2.05) is 76.0 Å². The Balaban J connectivity index is 0.000000167. The van der Waals surface area contributed by atoms with Crippen molar-refractivity contribution in [1.82, 2.24) is 0 Å². The third-order valence-electron chi connectivity index (χ3n) is 9.86. The van der Waals surface area contributed by atoms with E-state index < -0.39 is 0 Å². The third-order valence-corrected chi connectivity index (χ3v) is 9.86. The molecule has 0 bridgehead atoms. The Bertz CT molecular complexity index is 2280. The minimum Gasteiger partial charge on any atom is -0.504 e. The molecule has 0 saturated heterocycles. The van der Waals surface area contributed by atoms with Crippen molar-refractivity contribution in [3.63, 3.8) is 0 Å². The van der Waals surface area contributed by atoms with Crippen LogP contribution in [0.3, 0.4) is 0 Å². The van der Waals surface area contributed by atoms with Gasteiger partial charge in [-0.2, -0.15) is 66.1 Å². The maximum atomic E-state index is 9.62. The number of fused-ring (bicyclic) bond motifs is 3. The molecule has 0 fully saturated rings. The summed E-state index contributed by atoms with van der Waals surface area (Å²) in [7, 11) is 4.04. The normalized spacial score (nSPS) is 14.1. The van der Waals surface area contributed by atoms with E-state index in [1.165, 1.54) is 11.1 Å². The van der Waals surface area contributed by atoms with Crippen LogP contribution in [-0.4, -0.2) is 14.1 Å². The van der Waals surface area contributed by atoms with Crippen LogP contribution < -0.4 is 29.4 Å². The molecular weight excluding hydrogens is 855 g/mol. The van der Waals surface area contributed by atoms with Gasteiger partial charge in [-0.05, 0) is 55.9 Å². The molecule has 3 aliphatic rings. The number of para-hydroxylation sites is 6. The first-order valence-corrected chi connectivity index (χ1v) is 18.0. The number of hydrogen-bond donors (Lipinski definition) is 0. The molecule has 55 heavy (non-hydrogen) atoms. The van der Waals surface area contributed by atoms with Crippen LogP contribution in [0.2, 0.25) is 0 Å². The summed E-state index contributed by atoms with van der Waals surface area (Å²) >= 11 is 0. The molecule has 6 aromatic carbocycles. The maximum absolute atomic E-state index is 9.62. The van der Waals surface area contributed by atoms with Crippen molar-refractivity contribution >= 4 is 56.9 Å². The average Bonchev–Trinajstić information content (AvgIpc) is 3.86. The van der Waals surface area contributed by atoms with Crippen molar-refractivity contribution < 1.29 is 20.1 Å². The largest absolute Gasteiger partial charge is 0.504 e. The van der Waals surface area contributed by atoms with Crippen LogP contribution >= 0.6 is 0 Å². The van der Waals surface area contributed by atoms with Crippen molar-refractivity contribution in [2.75, 3.05) is 43.5 Å². The SMILES string of the molecule is CN1[CH-]N(c2[c-]c(N3[CH-]N(C)c4ccccc43)cc(C#N)c2)c2ccccc21.Cc1c[c-]c(N2[CH-]N(c3[c-]ccc(C(C)(C)C)c3)c3ccccc32)cc1.[Ir]. The molecule has 6 aromatic rings. The van der Waals surface area contributed by atoms with Gasteiger partial charge in [0.2, 0.25) is 0 Å². The van der Waals surface area contributed by atoms with E-state index in [-0.39, 0.29) is 25.5 Å². The van der Waals surface area contributed by atoms with Crippen LogP contribution in [0, 0.1) is 56.5 Å². The van der Waals surface area contributed by atoms with Crippen LogP contribution in [0.15, 0.2) is 121 Å². The van der Waals surface area contributed by atoms with Crippen LogP contribution in [0.1, 0.15) is 37.5 Å². The number of hydrogen-bond acceptors (Lipinski definition) is 7. The fourth-order valence-electron chi connectivity index (χ4n) is 6.97. The maximum Gasteiger partial charge on any atom is 0.0726 e. The summed E-state index contributed by atoms with van der Waals surface area (Å²) in [6, 6.07) is 53.9. The van der Waals surface area contributed by atoms with Crippen LogP contribution in [0.25, 0.3) is 0 Å². The fraction of sp³-hybridized carbons (Fsp3) is 0.149. The summed E-state index contributed by atoms with van der Waals surface area (Å²) in [5.41, 5.74) is 13.7. The summed E-state index contributed by atoms with van der Waals surface area (Å²) < 4.78 is 0. The standard InChI is InChI=1S/C24H23N2.C23H18N5.Ir/c1-18-12-14-20(15-13-18)25-17-26(23-11-6-5-10-22(23)25)21-9-7-8-19(16-21)24(2,3)4;1-25-15-27(22-9-5-3-7-20(22)25)18-11-17(14-24)12-19(13-18)28-16-26(2)21-8-4-6-10-23(21)28;/h5-8,10-14,16-17H,1-4H3;3-12,15-16H,1-2H3;/q2*-3;. The number of nitrogens with zero attached hydrogens (tertiary/aromatic N) is 7. The van der Waals surface area contributed by atoms with Gasteiger partial charge >= 0.3 is 0 Å². The third kappa shape index (κ3) is 7.26. The van der Waals surface area contributed by atoms with Gasteiger partial charge in [0.25, 0.3) is 0 Å². The molecule has 0 spiro atoms. The number of nitriles is 1. The Kier molecular flexibility index (Phi) is 10.4. The zero-order valence-corrected chi connectivity index (χ0v) is 34.1. The van der Waals surface area contributed by atoms with Gasteiger partial charge in [-0.15, -0.1) is 59.8 Å². The zero-order chi connectivity index (χ0) is 37.6. The second-order valence-corrected chi connectivity index (χ2v) is 14.7. The number of aryl methyl sites for hydroxylation is 1. The first kappa shape index (κ1) is 37.6. The molecule has 0 aliphatic carbocycles. The molecule has 1 radical (unpaired) electrons. The zero-order valence-electron chi connectivity index (χ0n) is 31.7. The number of anilines is 10. The molecule has 8 heteroatoms. The molecule has 0 aromatic heterocycles. The summed E-state index contributed by atoms with van der Waals surface area (Å²) in [4.78, 5) is 12.7. The molecule has 0 saturated carbocycles. The second-order valence-electron chi connectivity index (χ2n) is 14.7. The second kappa shape index (κ2) is 15.2. The minimum atomic E-state index is 0. The monoisotopic (exact) mass is 896 g/mol. The van der Waals surface area contributed by atoms with E-state index >= 15 is 0 Å². The van der Waals surface area contributed by atoms with Gasteiger partial charge < -0.3 is 29.4 Å². The Morgan fingerprint density at radius 3 is 1.51 bits per heavy atom. The van der Waals surface area contributed by atoms with Crippen molar-refractivity contribution in [2.45, 2.75) is 33.1 Å². The summed E-state index contributed by atoms with van der Waals surface area (Å²) in [6.45, 7) is 15.0. The molecule has 0 atom stereocenters. The molecule has 3 heterocycles. The quantitative estimate of drug-likeness (QED) is 0.163. The molecule has 0 unspecified atom stereocenters. The van der Waals surface area contributed by atoms with Gasteiger partial charge in [-0.3, -0.25) is 0 Å². The first-order chi connectivity index (χ1) is 26.1.